The van der Waals surface area contributed by atoms with Crippen molar-refractivity contribution in [2.75, 3.05) is 14.2 Å². The van der Waals surface area contributed by atoms with Gasteiger partial charge in [-0.1, -0.05) is 30.3 Å². The third kappa shape index (κ3) is 5.61. The van der Waals surface area contributed by atoms with E-state index in [-0.39, 0.29) is 13.2 Å². The number of benzene rings is 3. The van der Waals surface area contributed by atoms with E-state index in [1.54, 1.807) is 48.5 Å². The second kappa shape index (κ2) is 10.1. The van der Waals surface area contributed by atoms with Crippen molar-refractivity contribution < 1.29 is 28.5 Å². The fourth-order valence-electron chi connectivity index (χ4n) is 2.77. The molecule has 0 aromatic heterocycles. The Morgan fingerprint density at radius 2 is 1.07 bits per heavy atom. The third-order valence-electron chi connectivity index (χ3n) is 4.34. The Morgan fingerprint density at radius 3 is 1.50 bits per heavy atom. The van der Waals surface area contributed by atoms with E-state index in [1.165, 1.54) is 14.2 Å². The molecule has 0 atom stereocenters. The molecule has 0 aliphatic rings. The largest absolute Gasteiger partial charge is 0.497 e. The van der Waals surface area contributed by atoms with Gasteiger partial charge in [0.1, 0.15) is 24.7 Å². The molecule has 0 radical (unpaired) electrons. The van der Waals surface area contributed by atoms with Crippen molar-refractivity contribution in [2.24, 2.45) is 0 Å². The molecular formula is C24H22O6. The van der Waals surface area contributed by atoms with Crippen molar-refractivity contribution in [2.45, 2.75) is 13.2 Å². The van der Waals surface area contributed by atoms with Crippen molar-refractivity contribution >= 4 is 11.9 Å². The number of hydrogen-bond acceptors (Lipinski definition) is 6. The molecule has 0 fully saturated rings. The van der Waals surface area contributed by atoms with E-state index in [4.69, 9.17) is 18.9 Å². The Labute approximate surface area is 175 Å². The van der Waals surface area contributed by atoms with Gasteiger partial charge in [0.25, 0.3) is 0 Å². The molecule has 0 heterocycles. The number of esters is 2. The summed E-state index contributed by atoms with van der Waals surface area (Å²) in [5, 5.41) is 0. The smallest absolute Gasteiger partial charge is 0.338 e. The van der Waals surface area contributed by atoms with E-state index in [0.29, 0.717) is 22.6 Å². The predicted molar refractivity (Wildman–Crippen MR) is 111 cm³/mol. The minimum Gasteiger partial charge on any atom is -0.497 e. The number of carbonyl (C=O) groups excluding carboxylic acids is 2. The molecule has 3 rings (SSSR count). The minimum absolute atomic E-state index is 0.105. The van der Waals surface area contributed by atoms with Gasteiger partial charge in [0.15, 0.2) is 0 Å². The van der Waals surface area contributed by atoms with Gasteiger partial charge >= 0.3 is 11.9 Å². The first-order chi connectivity index (χ1) is 14.6. The molecule has 0 unspecified atom stereocenters. The second-order valence-corrected chi connectivity index (χ2v) is 6.44. The number of ether oxygens (including phenoxy) is 4. The van der Waals surface area contributed by atoms with Crippen molar-refractivity contribution in [3.63, 3.8) is 0 Å². The van der Waals surface area contributed by atoms with Crippen LogP contribution >= 0.6 is 0 Å². The molecule has 0 amide bonds. The minimum atomic E-state index is -0.441. The summed E-state index contributed by atoms with van der Waals surface area (Å²) in [5.74, 6) is 0.293. The van der Waals surface area contributed by atoms with Crippen molar-refractivity contribution in [1.29, 1.82) is 0 Å². The monoisotopic (exact) mass is 406 g/mol. The van der Waals surface area contributed by atoms with Crippen LogP contribution in [0.3, 0.4) is 0 Å². The highest BCUT2D eigenvalue weighted by atomic mass is 16.5. The average molecular weight is 406 g/mol. The molecule has 3 aromatic rings. The Kier molecular flexibility index (Phi) is 7.05. The standard InChI is InChI=1S/C24H22O6/c1-27-21-10-4-8-19(13-21)23(25)29-15-17-6-3-7-18(12-17)16-30-24(26)20-9-5-11-22(14-20)28-2/h3-14H,15-16H2,1-2H3. The molecule has 0 N–H and O–H groups in total. The first kappa shape index (κ1) is 20.9. The molecule has 6 nitrogen and oxygen atoms in total. The van der Waals surface area contributed by atoms with Crippen LogP contribution in [0.4, 0.5) is 0 Å². The van der Waals surface area contributed by atoms with Crippen LogP contribution in [0, 0.1) is 0 Å². The number of methoxy groups -OCH3 is 2. The molecule has 0 saturated carbocycles. The van der Waals surface area contributed by atoms with Gasteiger partial charge < -0.3 is 18.9 Å². The number of carbonyl (C=O) groups is 2. The van der Waals surface area contributed by atoms with Gasteiger partial charge in [-0.3, -0.25) is 0 Å². The molecule has 0 saturated heterocycles. The van der Waals surface area contributed by atoms with Crippen LogP contribution in [-0.2, 0) is 22.7 Å². The van der Waals surface area contributed by atoms with Gasteiger partial charge in [-0.05, 0) is 53.6 Å². The van der Waals surface area contributed by atoms with Crippen molar-refractivity contribution in [3.05, 3.63) is 95.1 Å². The zero-order valence-electron chi connectivity index (χ0n) is 16.8. The molecule has 154 valence electrons. The van der Waals surface area contributed by atoms with Crippen molar-refractivity contribution in [3.8, 4) is 11.5 Å². The van der Waals surface area contributed by atoms with Crippen LogP contribution in [-0.4, -0.2) is 26.2 Å². The second-order valence-electron chi connectivity index (χ2n) is 6.44. The van der Waals surface area contributed by atoms with Gasteiger partial charge in [-0.15, -0.1) is 0 Å². The van der Waals surface area contributed by atoms with Gasteiger partial charge in [0.2, 0.25) is 0 Å². The van der Waals surface area contributed by atoms with Gasteiger partial charge in [-0.2, -0.15) is 0 Å². The predicted octanol–water partition coefficient (Wildman–Crippen LogP) is 4.42. The van der Waals surface area contributed by atoms with E-state index in [9.17, 15) is 9.59 Å². The zero-order chi connectivity index (χ0) is 21.3. The maximum Gasteiger partial charge on any atom is 0.338 e. The summed E-state index contributed by atoms with van der Waals surface area (Å²) < 4.78 is 21.0. The highest BCUT2D eigenvalue weighted by molar-refractivity contribution is 5.90. The molecule has 0 bridgehead atoms. The lowest BCUT2D eigenvalue weighted by Crippen LogP contribution is -2.07. The Bertz CT molecular complexity index is 949. The zero-order valence-corrected chi connectivity index (χ0v) is 16.8. The Balaban J connectivity index is 1.56. The van der Waals surface area contributed by atoms with Crippen LogP contribution in [0.5, 0.6) is 11.5 Å². The number of rotatable bonds is 8. The molecule has 3 aromatic carbocycles. The maximum atomic E-state index is 12.2. The lowest BCUT2D eigenvalue weighted by atomic mass is 10.1. The van der Waals surface area contributed by atoms with Crippen LogP contribution in [0.1, 0.15) is 31.8 Å². The third-order valence-corrected chi connectivity index (χ3v) is 4.34. The molecule has 0 aliphatic heterocycles. The lowest BCUT2D eigenvalue weighted by molar-refractivity contribution is 0.0471. The van der Waals surface area contributed by atoms with E-state index >= 15 is 0 Å². The quantitative estimate of drug-likeness (QED) is 0.516. The first-order valence-electron chi connectivity index (χ1n) is 9.29. The fourth-order valence-corrected chi connectivity index (χ4v) is 2.77. The average Bonchev–Trinajstić information content (AvgIpc) is 2.81. The van der Waals surface area contributed by atoms with Gasteiger partial charge in [-0.25, -0.2) is 9.59 Å². The number of hydrogen-bond donors (Lipinski definition) is 0. The molecule has 30 heavy (non-hydrogen) atoms. The topological polar surface area (TPSA) is 71.1 Å². The molecular weight excluding hydrogens is 384 g/mol. The summed E-state index contributed by atoms with van der Waals surface area (Å²) in [6.45, 7) is 0.210. The summed E-state index contributed by atoms with van der Waals surface area (Å²) in [5.41, 5.74) is 2.41. The molecule has 6 heteroatoms. The summed E-state index contributed by atoms with van der Waals surface area (Å²) in [6, 6.07) is 20.9. The normalized spacial score (nSPS) is 10.2. The summed E-state index contributed by atoms with van der Waals surface area (Å²) >= 11 is 0. The van der Waals surface area contributed by atoms with E-state index in [1.807, 2.05) is 24.3 Å². The van der Waals surface area contributed by atoms with E-state index in [0.717, 1.165) is 11.1 Å². The van der Waals surface area contributed by atoms with Crippen molar-refractivity contribution in [1.82, 2.24) is 0 Å². The van der Waals surface area contributed by atoms with E-state index in [2.05, 4.69) is 0 Å². The highest BCUT2D eigenvalue weighted by Gasteiger charge is 2.10. The Morgan fingerprint density at radius 1 is 0.633 bits per heavy atom. The van der Waals surface area contributed by atoms with Crippen LogP contribution < -0.4 is 9.47 Å². The maximum absolute atomic E-state index is 12.2. The molecule has 0 aliphatic carbocycles. The van der Waals surface area contributed by atoms with Crippen LogP contribution in [0.2, 0.25) is 0 Å². The fraction of sp³-hybridized carbons (Fsp3) is 0.167. The highest BCUT2D eigenvalue weighted by Crippen LogP contribution is 2.16. The molecule has 0 spiro atoms. The Hall–Kier alpha value is -3.80. The summed E-state index contributed by atoms with van der Waals surface area (Å²) in [6.07, 6.45) is 0. The summed E-state index contributed by atoms with van der Waals surface area (Å²) in [4.78, 5) is 24.5. The van der Waals surface area contributed by atoms with Gasteiger partial charge in [0.05, 0.1) is 25.3 Å². The SMILES string of the molecule is COc1cccc(C(=O)OCc2cccc(COC(=O)c3cccc(OC)c3)c2)c1. The lowest BCUT2D eigenvalue weighted by Gasteiger charge is -2.09. The van der Waals surface area contributed by atoms with E-state index < -0.39 is 11.9 Å². The summed E-state index contributed by atoms with van der Waals surface area (Å²) in [7, 11) is 3.08. The van der Waals surface area contributed by atoms with Crippen LogP contribution in [0.15, 0.2) is 72.8 Å². The van der Waals surface area contributed by atoms with Crippen LogP contribution in [0.25, 0.3) is 0 Å². The first-order valence-corrected chi connectivity index (χ1v) is 9.29. The van der Waals surface area contributed by atoms with Gasteiger partial charge in [0, 0.05) is 0 Å².